The van der Waals surface area contributed by atoms with Crippen molar-refractivity contribution in [2.45, 2.75) is 94.7 Å². The van der Waals surface area contributed by atoms with Crippen molar-refractivity contribution in [3.8, 4) is 0 Å². The van der Waals surface area contributed by atoms with Crippen molar-refractivity contribution >= 4 is 29.3 Å². The van der Waals surface area contributed by atoms with Crippen LogP contribution in [0.1, 0.15) is 79.1 Å². The standard InChI is InChI=1S/C23H37AsOS/c1-5-24(6-2)26-17-11-13-22(3)16(15-17)7-8-18-19-9-10-21(25)23(19,4)14-12-20(18)22/h7,17-20H,5-6,8-15H2,1-4H3. The summed E-state index contributed by atoms with van der Waals surface area (Å²) < 4.78 is 0. The molecule has 0 radical (unpaired) electrons. The van der Waals surface area contributed by atoms with Crippen LogP contribution in [0.4, 0.5) is 0 Å². The summed E-state index contributed by atoms with van der Waals surface area (Å²) in [4.78, 5) is 12.6. The van der Waals surface area contributed by atoms with E-state index < -0.39 is 13.5 Å². The van der Waals surface area contributed by atoms with E-state index in [1.54, 1.807) is 0 Å². The average Bonchev–Trinajstić information content (AvgIpc) is 2.95. The van der Waals surface area contributed by atoms with Crippen molar-refractivity contribution < 1.29 is 4.79 Å². The molecular formula is C23H37AsOS. The Morgan fingerprint density at radius 1 is 1.08 bits per heavy atom. The van der Waals surface area contributed by atoms with Crippen LogP contribution in [0.5, 0.6) is 0 Å². The van der Waals surface area contributed by atoms with Crippen molar-refractivity contribution in [2.24, 2.45) is 28.6 Å². The fourth-order valence-electron chi connectivity index (χ4n) is 7.07. The first-order valence-electron chi connectivity index (χ1n) is 11.1. The van der Waals surface area contributed by atoms with Crippen molar-refractivity contribution in [2.75, 3.05) is 0 Å². The molecule has 0 aliphatic heterocycles. The molecule has 146 valence electrons. The molecule has 3 fully saturated rings. The second-order valence-corrected chi connectivity index (χ2v) is 19.3. The van der Waals surface area contributed by atoms with Crippen LogP contribution < -0.4 is 0 Å². The van der Waals surface area contributed by atoms with Gasteiger partial charge < -0.3 is 0 Å². The zero-order valence-corrected chi connectivity index (χ0v) is 19.9. The topological polar surface area (TPSA) is 17.1 Å². The van der Waals surface area contributed by atoms with Gasteiger partial charge in [-0.25, -0.2) is 0 Å². The van der Waals surface area contributed by atoms with Crippen LogP contribution >= 0.6 is 10.0 Å². The minimum absolute atomic E-state index is 0.0251. The number of hydrogen-bond acceptors (Lipinski definition) is 2. The van der Waals surface area contributed by atoms with Crippen LogP contribution in [0.25, 0.3) is 0 Å². The number of hydrogen-bond donors (Lipinski definition) is 0. The molecule has 0 spiro atoms. The van der Waals surface area contributed by atoms with Gasteiger partial charge in [-0.1, -0.05) is 0 Å². The number of carbonyl (C=O) groups is 1. The summed E-state index contributed by atoms with van der Waals surface area (Å²) in [5, 5.41) is 3.83. The van der Waals surface area contributed by atoms with Gasteiger partial charge in [-0.15, -0.1) is 0 Å². The van der Waals surface area contributed by atoms with Gasteiger partial charge in [-0.2, -0.15) is 0 Å². The summed E-state index contributed by atoms with van der Waals surface area (Å²) in [6.07, 6.45) is 12.7. The van der Waals surface area contributed by atoms with E-state index in [1.165, 1.54) is 55.4 Å². The third-order valence-electron chi connectivity index (χ3n) is 8.77. The van der Waals surface area contributed by atoms with E-state index in [0.717, 1.165) is 23.5 Å². The average molecular weight is 437 g/mol. The fourth-order valence-corrected chi connectivity index (χ4v) is 14.9. The van der Waals surface area contributed by atoms with Gasteiger partial charge in [0.15, 0.2) is 0 Å². The van der Waals surface area contributed by atoms with Gasteiger partial charge in [0.05, 0.1) is 0 Å². The van der Waals surface area contributed by atoms with Gasteiger partial charge in [-0.3, -0.25) is 0 Å². The van der Waals surface area contributed by atoms with Crippen molar-refractivity contribution in [3.63, 3.8) is 0 Å². The first kappa shape index (κ1) is 19.6. The first-order valence-corrected chi connectivity index (χ1v) is 16.9. The molecule has 0 aromatic carbocycles. The molecule has 0 bridgehead atoms. The molecule has 0 N–H and O–H groups in total. The zero-order chi connectivity index (χ0) is 18.5. The molecule has 4 aliphatic carbocycles. The van der Waals surface area contributed by atoms with Crippen LogP contribution in [0, 0.1) is 28.6 Å². The normalized spacial score (nSPS) is 45.1. The number of Topliss-reactive ketones (excluding diaryl/α,β-unsaturated/α-hetero) is 1. The molecule has 1 nitrogen and oxygen atoms in total. The summed E-state index contributed by atoms with van der Waals surface area (Å²) >= 11 is -0.617. The van der Waals surface area contributed by atoms with Gasteiger partial charge in [-0.05, 0) is 0 Å². The number of rotatable bonds is 4. The van der Waals surface area contributed by atoms with Crippen molar-refractivity contribution in [1.82, 2.24) is 0 Å². The second kappa shape index (κ2) is 7.29. The molecule has 4 aliphatic rings. The van der Waals surface area contributed by atoms with Gasteiger partial charge in [0.1, 0.15) is 0 Å². The molecular weight excluding hydrogens is 399 g/mol. The van der Waals surface area contributed by atoms with E-state index in [4.69, 9.17) is 0 Å². The Morgan fingerprint density at radius 3 is 2.50 bits per heavy atom. The fraction of sp³-hybridized carbons (Fsp3) is 0.870. The maximum absolute atomic E-state index is 12.6. The Bertz CT molecular complexity index is 597. The van der Waals surface area contributed by atoms with E-state index in [9.17, 15) is 4.79 Å². The predicted molar refractivity (Wildman–Crippen MR) is 115 cm³/mol. The van der Waals surface area contributed by atoms with E-state index >= 15 is 0 Å². The van der Waals surface area contributed by atoms with Gasteiger partial charge >= 0.3 is 169 Å². The summed E-state index contributed by atoms with van der Waals surface area (Å²) in [7, 11) is 2.42. The SMILES string of the molecule is CC[As](CC)SC1CCC2(C)C(=CCC3C4CCC(=O)C4(C)CCC32)C1. The summed E-state index contributed by atoms with van der Waals surface area (Å²) in [6, 6.07) is 0. The molecule has 6 atom stereocenters. The molecule has 3 saturated carbocycles. The number of carbonyl (C=O) groups excluding carboxylic acids is 1. The van der Waals surface area contributed by atoms with Crippen LogP contribution in [0.2, 0.25) is 10.4 Å². The molecule has 3 heteroatoms. The Morgan fingerprint density at radius 2 is 1.77 bits per heavy atom. The maximum atomic E-state index is 12.6. The minimum atomic E-state index is -0.617. The van der Waals surface area contributed by atoms with Crippen LogP contribution in [-0.4, -0.2) is 24.5 Å². The Balaban J connectivity index is 1.53. The molecule has 26 heavy (non-hydrogen) atoms. The Hall–Kier alpha value is 0.318. The quantitative estimate of drug-likeness (QED) is 0.362. The monoisotopic (exact) mass is 436 g/mol. The molecule has 0 aromatic heterocycles. The summed E-state index contributed by atoms with van der Waals surface area (Å²) in [5.41, 5.74) is 2.29. The Kier molecular flexibility index (Phi) is 5.50. The van der Waals surface area contributed by atoms with E-state index in [1.807, 2.05) is 5.57 Å². The number of ketones is 1. The van der Waals surface area contributed by atoms with Crippen LogP contribution in [0.3, 0.4) is 0 Å². The summed E-state index contributed by atoms with van der Waals surface area (Å²) in [5.74, 6) is 2.89. The van der Waals surface area contributed by atoms with Crippen molar-refractivity contribution in [3.05, 3.63) is 11.6 Å². The Labute approximate surface area is 168 Å². The van der Waals surface area contributed by atoms with E-state index in [2.05, 4.69) is 43.8 Å². The van der Waals surface area contributed by atoms with Gasteiger partial charge in [0, 0.05) is 0 Å². The third kappa shape index (κ3) is 3.01. The van der Waals surface area contributed by atoms with Crippen LogP contribution in [0.15, 0.2) is 11.6 Å². The molecule has 0 aromatic rings. The number of allylic oxidation sites excluding steroid dienone is 2. The second-order valence-electron chi connectivity index (χ2n) is 9.76. The molecule has 0 heterocycles. The summed E-state index contributed by atoms with van der Waals surface area (Å²) in [6.45, 7) is 9.73. The van der Waals surface area contributed by atoms with E-state index in [0.29, 0.717) is 17.1 Å². The number of fused-ring (bicyclic) bond motifs is 5. The van der Waals surface area contributed by atoms with Crippen molar-refractivity contribution in [1.29, 1.82) is 0 Å². The zero-order valence-electron chi connectivity index (χ0n) is 17.2. The molecule has 0 amide bonds. The van der Waals surface area contributed by atoms with Gasteiger partial charge in [0.25, 0.3) is 0 Å². The molecule has 0 saturated heterocycles. The van der Waals surface area contributed by atoms with E-state index in [-0.39, 0.29) is 5.41 Å². The molecule has 4 rings (SSSR count). The first-order chi connectivity index (χ1) is 12.4. The van der Waals surface area contributed by atoms with Gasteiger partial charge in [0.2, 0.25) is 0 Å². The molecule has 6 unspecified atom stereocenters. The predicted octanol–water partition coefficient (Wildman–Crippen LogP) is 6.65. The third-order valence-corrected chi connectivity index (χ3v) is 19.2. The van der Waals surface area contributed by atoms with Crippen LogP contribution in [-0.2, 0) is 4.79 Å².